The van der Waals surface area contributed by atoms with Crippen molar-refractivity contribution in [1.29, 1.82) is 0 Å². The molecule has 0 radical (unpaired) electrons. The predicted molar refractivity (Wildman–Crippen MR) is 74.7 cm³/mol. The Balaban J connectivity index is 1.97. The first-order valence-electron chi connectivity index (χ1n) is 7.09. The fourth-order valence-corrected chi connectivity index (χ4v) is 2.63. The van der Waals surface area contributed by atoms with E-state index in [0.717, 1.165) is 17.7 Å². The van der Waals surface area contributed by atoms with Crippen LogP contribution in [0.25, 0.3) is 0 Å². The molecule has 20 heavy (non-hydrogen) atoms. The van der Waals surface area contributed by atoms with Gasteiger partial charge in [-0.25, -0.2) is 0 Å². The first-order valence-corrected chi connectivity index (χ1v) is 7.09. The van der Waals surface area contributed by atoms with E-state index in [2.05, 4.69) is 0 Å². The topological polar surface area (TPSA) is 29.3 Å². The van der Waals surface area contributed by atoms with E-state index < -0.39 is 12.1 Å². The van der Waals surface area contributed by atoms with Crippen molar-refractivity contribution in [1.82, 2.24) is 0 Å². The number of piperidine rings is 1. The van der Waals surface area contributed by atoms with E-state index in [1.54, 1.807) is 0 Å². The normalized spacial score (nSPS) is 19.1. The number of anilines is 1. The van der Waals surface area contributed by atoms with Crippen molar-refractivity contribution in [3.8, 4) is 0 Å². The van der Waals surface area contributed by atoms with Gasteiger partial charge in [0, 0.05) is 24.8 Å². The van der Waals surface area contributed by atoms with Crippen LogP contribution in [-0.4, -0.2) is 19.3 Å². The van der Waals surface area contributed by atoms with Gasteiger partial charge in [-0.2, -0.15) is 13.2 Å². The summed E-state index contributed by atoms with van der Waals surface area (Å²) < 4.78 is 37.9. The largest absolute Gasteiger partial charge is 0.391 e. The highest BCUT2D eigenvalue weighted by molar-refractivity contribution is 5.48. The molecular weight excluding hydrogens is 265 g/mol. The number of nitrogens with zero attached hydrogens (tertiary/aromatic N) is 1. The maximum absolute atomic E-state index is 12.6. The number of nitrogens with two attached hydrogens (primary N) is 1. The Morgan fingerprint density at radius 3 is 2.20 bits per heavy atom. The Kier molecular flexibility index (Phi) is 4.58. The van der Waals surface area contributed by atoms with E-state index in [1.807, 2.05) is 36.1 Å². The van der Waals surface area contributed by atoms with Crippen molar-refractivity contribution in [2.24, 2.45) is 11.7 Å². The average Bonchev–Trinajstić information content (AvgIpc) is 2.46. The Morgan fingerprint density at radius 2 is 1.75 bits per heavy atom. The monoisotopic (exact) mass is 286 g/mol. The van der Waals surface area contributed by atoms with Gasteiger partial charge in [-0.05, 0) is 37.0 Å². The number of rotatable bonds is 3. The molecule has 1 aromatic rings. The zero-order valence-corrected chi connectivity index (χ0v) is 11.7. The summed E-state index contributed by atoms with van der Waals surface area (Å²) in [5.74, 6) is -1.15. The Morgan fingerprint density at radius 1 is 1.20 bits per heavy atom. The van der Waals surface area contributed by atoms with Crippen LogP contribution in [0.15, 0.2) is 24.3 Å². The summed E-state index contributed by atoms with van der Waals surface area (Å²) in [7, 11) is 0. The molecule has 1 fully saturated rings. The molecule has 0 amide bonds. The minimum atomic E-state index is -4.05. The second-order valence-electron chi connectivity index (χ2n) is 5.41. The molecular formula is C15H21F3N2. The van der Waals surface area contributed by atoms with Gasteiger partial charge in [-0.3, -0.25) is 0 Å². The second kappa shape index (κ2) is 6.04. The van der Waals surface area contributed by atoms with Crippen molar-refractivity contribution in [3.05, 3.63) is 29.8 Å². The molecule has 0 bridgehead atoms. The molecule has 1 heterocycles. The molecule has 0 unspecified atom stereocenters. The third-order valence-corrected chi connectivity index (χ3v) is 4.08. The van der Waals surface area contributed by atoms with Crippen LogP contribution >= 0.6 is 0 Å². The van der Waals surface area contributed by atoms with Gasteiger partial charge in [0.15, 0.2) is 0 Å². The average molecular weight is 286 g/mol. The third-order valence-electron chi connectivity index (χ3n) is 4.08. The lowest BCUT2D eigenvalue weighted by molar-refractivity contribution is -0.179. The molecule has 1 aromatic carbocycles. The number of alkyl halides is 3. The predicted octanol–water partition coefficient (Wildman–Crippen LogP) is 3.88. The molecule has 1 aliphatic heterocycles. The molecule has 1 aliphatic rings. The summed E-state index contributed by atoms with van der Waals surface area (Å²) in [6, 6.07) is 7.89. The van der Waals surface area contributed by atoms with E-state index in [4.69, 9.17) is 5.73 Å². The van der Waals surface area contributed by atoms with Gasteiger partial charge in [0.05, 0.1) is 5.92 Å². The molecule has 2 N–H and O–H groups in total. The molecule has 2 rings (SSSR count). The fourth-order valence-electron chi connectivity index (χ4n) is 2.63. The smallest absolute Gasteiger partial charge is 0.372 e. The molecule has 5 heteroatoms. The minimum absolute atomic E-state index is 0.0278. The summed E-state index contributed by atoms with van der Waals surface area (Å²) in [5, 5.41) is 0. The third kappa shape index (κ3) is 3.45. The summed E-state index contributed by atoms with van der Waals surface area (Å²) in [4.78, 5) is 2.02. The lowest BCUT2D eigenvalue weighted by atomic mass is 9.95. The van der Waals surface area contributed by atoms with Crippen molar-refractivity contribution < 1.29 is 13.2 Å². The molecule has 0 aromatic heterocycles. The van der Waals surface area contributed by atoms with E-state index in [1.165, 1.54) is 0 Å². The number of benzene rings is 1. The fraction of sp³-hybridized carbons (Fsp3) is 0.600. The molecule has 0 aliphatic carbocycles. The number of hydrogen-bond donors (Lipinski definition) is 1. The molecule has 2 nitrogen and oxygen atoms in total. The lowest BCUT2D eigenvalue weighted by Crippen LogP contribution is -2.39. The van der Waals surface area contributed by atoms with Crippen molar-refractivity contribution in [3.63, 3.8) is 0 Å². The Labute approximate surface area is 117 Å². The van der Waals surface area contributed by atoms with E-state index in [9.17, 15) is 13.2 Å². The Bertz CT molecular complexity index is 420. The van der Waals surface area contributed by atoms with Gasteiger partial charge in [-0.1, -0.05) is 19.1 Å². The van der Waals surface area contributed by atoms with Gasteiger partial charge in [0.1, 0.15) is 0 Å². The zero-order chi connectivity index (χ0) is 14.8. The van der Waals surface area contributed by atoms with Gasteiger partial charge in [0.2, 0.25) is 0 Å². The van der Waals surface area contributed by atoms with Crippen LogP contribution in [0.4, 0.5) is 18.9 Å². The van der Waals surface area contributed by atoms with E-state index in [-0.39, 0.29) is 18.9 Å². The van der Waals surface area contributed by atoms with E-state index >= 15 is 0 Å². The van der Waals surface area contributed by atoms with E-state index in [0.29, 0.717) is 13.1 Å². The van der Waals surface area contributed by atoms with Gasteiger partial charge < -0.3 is 10.6 Å². The van der Waals surface area contributed by atoms with Crippen LogP contribution in [0.1, 0.15) is 37.8 Å². The van der Waals surface area contributed by atoms with Crippen molar-refractivity contribution >= 4 is 5.69 Å². The quantitative estimate of drug-likeness (QED) is 0.913. The summed E-state index contributed by atoms with van der Waals surface area (Å²) in [6.45, 7) is 2.95. The van der Waals surface area contributed by atoms with Crippen molar-refractivity contribution in [2.45, 2.75) is 38.4 Å². The lowest BCUT2D eigenvalue weighted by Gasteiger charge is -2.34. The first-order chi connectivity index (χ1) is 9.41. The van der Waals surface area contributed by atoms with Gasteiger partial charge in [0.25, 0.3) is 0 Å². The minimum Gasteiger partial charge on any atom is -0.372 e. The second-order valence-corrected chi connectivity index (χ2v) is 5.41. The number of hydrogen-bond acceptors (Lipinski definition) is 2. The standard InChI is InChI=1S/C15H21F3N2/c1-2-14(19)11-3-5-13(6-4-11)20-9-7-12(8-10-20)15(16,17)18/h3-6,12,14H,2,7-10,19H2,1H3/t14-/m0/s1. The van der Waals surface area contributed by atoms with Gasteiger partial charge >= 0.3 is 6.18 Å². The summed E-state index contributed by atoms with van der Waals surface area (Å²) >= 11 is 0. The maximum atomic E-state index is 12.6. The summed E-state index contributed by atoms with van der Waals surface area (Å²) in [5.41, 5.74) is 8.00. The molecule has 0 spiro atoms. The SMILES string of the molecule is CC[C@H](N)c1ccc(N2CCC(C(F)(F)F)CC2)cc1. The highest BCUT2D eigenvalue weighted by atomic mass is 19.4. The van der Waals surface area contributed by atoms with Crippen LogP contribution in [0.3, 0.4) is 0 Å². The van der Waals surface area contributed by atoms with Crippen LogP contribution in [0.2, 0.25) is 0 Å². The van der Waals surface area contributed by atoms with Crippen LogP contribution < -0.4 is 10.6 Å². The van der Waals surface area contributed by atoms with Crippen LogP contribution in [0.5, 0.6) is 0 Å². The summed E-state index contributed by atoms with van der Waals surface area (Å²) in [6.07, 6.45) is -2.82. The molecule has 1 atom stereocenters. The van der Waals surface area contributed by atoms with Crippen LogP contribution in [-0.2, 0) is 0 Å². The molecule has 1 saturated heterocycles. The molecule has 0 saturated carbocycles. The zero-order valence-electron chi connectivity index (χ0n) is 11.7. The Hall–Kier alpha value is -1.23. The maximum Gasteiger partial charge on any atom is 0.391 e. The number of halogens is 3. The molecule has 112 valence electrons. The first kappa shape index (κ1) is 15.2. The van der Waals surface area contributed by atoms with Crippen molar-refractivity contribution in [2.75, 3.05) is 18.0 Å². The highest BCUT2D eigenvalue weighted by Crippen LogP contribution is 2.35. The van der Waals surface area contributed by atoms with Crippen LogP contribution in [0, 0.1) is 5.92 Å². The van der Waals surface area contributed by atoms with Gasteiger partial charge in [-0.15, -0.1) is 0 Å². The highest BCUT2D eigenvalue weighted by Gasteiger charge is 2.41.